The van der Waals surface area contributed by atoms with Crippen LogP contribution >= 0.6 is 0 Å². The molecule has 0 unspecified atom stereocenters. The van der Waals surface area contributed by atoms with E-state index in [2.05, 4.69) is 15.8 Å². The van der Waals surface area contributed by atoms with Gasteiger partial charge in [-0.05, 0) is 32.4 Å². The lowest BCUT2D eigenvalue weighted by Gasteiger charge is -2.55. The van der Waals surface area contributed by atoms with Crippen molar-refractivity contribution >= 4 is 46.4 Å². The average molecular weight is 487 g/mol. The first-order chi connectivity index (χ1) is 16.6. The second-order valence-corrected chi connectivity index (χ2v) is 9.51. The number of nitrogens with one attached hydrogen (secondary N) is 2. The van der Waals surface area contributed by atoms with Gasteiger partial charge in [0.05, 0.1) is 35.4 Å². The number of carbonyl (C=O) groups is 4. The van der Waals surface area contributed by atoms with Crippen molar-refractivity contribution in [3.05, 3.63) is 17.4 Å². The summed E-state index contributed by atoms with van der Waals surface area (Å²) in [6.07, 6.45) is -1.81. The van der Waals surface area contributed by atoms with Crippen LogP contribution in [-0.2, 0) is 25.5 Å². The number of halogens is 1. The van der Waals surface area contributed by atoms with Gasteiger partial charge in [0.1, 0.15) is 6.61 Å². The number of imide groups is 2. The summed E-state index contributed by atoms with van der Waals surface area (Å²) in [6, 6.07) is -0.572. The summed E-state index contributed by atoms with van der Waals surface area (Å²) >= 11 is 0. The number of urea groups is 1. The average Bonchev–Trinajstić information content (AvgIpc) is 3.33. The van der Waals surface area contributed by atoms with E-state index in [-0.39, 0.29) is 54.2 Å². The van der Waals surface area contributed by atoms with Gasteiger partial charge in [0.2, 0.25) is 17.4 Å². The molecule has 0 bridgehead atoms. The standard InChI is InChI=1S/C22H22FN5O7/c1-8-7-33-21(32)28(8)17-12-4-11-5-22(18(29)24-20(31)25-19(22)30)16-10(3)34-9(2)6-27(16)14(11)13(23)15(12)35-26-17/h4,8-10,16H,5-7H2,1-3H3,(H2,24,25,29,30,31)/t8-,9-,10+,16-/m1/s1. The van der Waals surface area contributed by atoms with E-state index in [0.29, 0.717) is 5.56 Å². The molecule has 4 aliphatic rings. The summed E-state index contributed by atoms with van der Waals surface area (Å²) in [4.78, 5) is 53.6. The topological polar surface area (TPSA) is 143 Å². The number of rotatable bonds is 1. The van der Waals surface area contributed by atoms with Gasteiger partial charge in [0, 0.05) is 13.0 Å². The number of ether oxygens (including phenoxy) is 2. The molecule has 3 fully saturated rings. The maximum Gasteiger partial charge on any atom is 0.416 e. The first-order valence-corrected chi connectivity index (χ1v) is 11.3. The number of cyclic esters (lactones) is 1. The predicted octanol–water partition coefficient (Wildman–Crippen LogP) is 1.20. The molecule has 13 heteroatoms. The molecule has 1 spiro atoms. The molecular weight excluding hydrogens is 465 g/mol. The lowest BCUT2D eigenvalue weighted by Crippen LogP contribution is -2.75. The van der Waals surface area contributed by atoms with E-state index in [4.69, 9.17) is 14.0 Å². The number of hydrogen-bond donors (Lipinski definition) is 2. The quantitative estimate of drug-likeness (QED) is 0.567. The third kappa shape index (κ3) is 2.78. The third-order valence-corrected chi connectivity index (χ3v) is 7.26. The summed E-state index contributed by atoms with van der Waals surface area (Å²) in [6.45, 7) is 5.60. The molecule has 5 heterocycles. The van der Waals surface area contributed by atoms with Crippen molar-refractivity contribution in [1.82, 2.24) is 15.8 Å². The van der Waals surface area contributed by atoms with Crippen molar-refractivity contribution in [3.63, 3.8) is 0 Å². The number of nitrogens with zero attached hydrogens (tertiary/aromatic N) is 3. The molecule has 184 valence electrons. The monoisotopic (exact) mass is 487 g/mol. The highest BCUT2D eigenvalue weighted by Gasteiger charge is 2.63. The zero-order chi connectivity index (χ0) is 24.8. The number of morpholine rings is 1. The Labute approximate surface area is 197 Å². The highest BCUT2D eigenvalue weighted by Crippen LogP contribution is 2.49. The molecule has 3 saturated heterocycles. The molecule has 0 aliphatic carbocycles. The van der Waals surface area contributed by atoms with Gasteiger partial charge in [-0.1, -0.05) is 5.16 Å². The van der Waals surface area contributed by atoms with E-state index >= 15 is 4.39 Å². The molecule has 12 nitrogen and oxygen atoms in total. The van der Waals surface area contributed by atoms with Gasteiger partial charge in [0.15, 0.2) is 17.1 Å². The molecule has 4 aliphatic heterocycles. The fourth-order valence-electron chi connectivity index (χ4n) is 5.92. The van der Waals surface area contributed by atoms with E-state index in [0.717, 1.165) is 0 Å². The van der Waals surface area contributed by atoms with E-state index in [9.17, 15) is 19.2 Å². The number of barbiturate groups is 1. The number of hydrogen-bond acceptors (Lipinski definition) is 9. The lowest BCUT2D eigenvalue weighted by molar-refractivity contribution is -0.153. The van der Waals surface area contributed by atoms with Crippen LogP contribution in [0, 0.1) is 11.2 Å². The fraction of sp³-hybridized carbons (Fsp3) is 0.500. The second kappa shape index (κ2) is 7.13. The minimum absolute atomic E-state index is 0.0873. The summed E-state index contributed by atoms with van der Waals surface area (Å²) < 4.78 is 32.4. The van der Waals surface area contributed by atoms with Crippen molar-refractivity contribution in [2.24, 2.45) is 5.41 Å². The van der Waals surface area contributed by atoms with Crippen LogP contribution in [-0.4, -0.2) is 66.5 Å². The van der Waals surface area contributed by atoms with Crippen molar-refractivity contribution < 1.29 is 37.6 Å². The molecule has 0 saturated carbocycles. The minimum Gasteiger partial charge on any atom is -0.447 e. The van der Waals surface area contributed by atoms with Crippen LogP contribution in [0.3, 0.4) is 0 Å². The first-order valence-electron chi connectivity index (χ1n) is 11.3. The number of carbonyl (C=O) groups excluding carboxylic acids is 4. The Bertz CT molecular complexity index is 1300. The highest BCUT2D eigenvalue weighted by molar-refractivity contribution is 6.20. The zero-order valence-electron chi connectivity index (χ0n) is 19.1. The van der Waals surface area contributed by atoms with E-state index in [1.54, 1.807) is 24.8 Å². The largest absolute Gasteiger partial charge is 0.447 e. The molecule has 5 amide bonds. The van der Waals surface area contributed by atoms with Crippen molar-refractivity contribution in [2.45, 2.75) is 51.5 Å². The summed E-state index contributed by atoms with van der Waals surface area (Å²) in [5.41, 5.74) is -1.39. The highest BCUT2D eigenvalue weighted by atomic mass is 19.1. The lowest BCUT2D eigenvalue weighted by atomic mass is 9.66. The van der Waals surface area contributed by atoms with E-state index in [1.165, 1.54) is 4.90 Å². The molecule has 35 heavy (non-hydrogen) atoms. The van der Waals surface area contributed by atoms with Crippen LogP contribution in [0.1, 0.15) is 26.3 Å². The number of fused-ring (bicyclic) bond motifs is 5. The van der Waals surface area contributed by atoms with E-state index < -0.39 is 47.3 Å². The Balaban J connectivity index is 1.58. The first kappa shape index (κ1) is 21.8. The van der Waals surface area contributed by atoms with Gasteiger partial charge in [-0.3, -0.25) is 25.1 Å². The van der Waals surface area contributed by atoms with Gasteiger partial charge < -0.3 is 18.9 Å². The summed E-state index contributed by atoms with van der Waals surface area (Å²) in [7, 11) is 0. The summed E-state index contributed by atoms with van der Waals surface area (Å²) in [5.74, 6) is -2.19. The van der Waals surface area contributed by atoms with Crippen molar-refractivity contribution in [2.75, 3.05) is 23.0 Å². The van der Waals surface area contributed by atoms with Crippen molar-refractivity contribution in [1.29, 1.82) is 0 Å². The Hall–Kier alpha value is -3.74. The Kier molecular flexibility index (Phi) is 4.44. The smallest absolute Gasteiger partial charge is 0.416 e. The fourth-order valence-corrected chi connectivity index (χ4v) is 5.92. The normalized spacial score (nSPS) is 29.7. The van der Waals surface area contributed by atoms with Crippen LogP contribution < -0.4 is 20.4 Å². The van der Waals surface area contributed by atoms with Crippen LogP contribution in [0.2, 0.25) is 0 Å². The Morgan fingerprint density at radius 2 is 1.86 bits per heavy atom. The minimum atomic E-state index is -1.75. The second-order valence-electron chi connectivity index (χ2n) is 9.51. The van der Waals surface area contributed by atoms with Gasteiger partial charge in [-0.25, -0.2) is 14.0 Å². The zero-order valence-corrected chi connectivity index (χ0v) is 19.1. The number of anilines is 2. The van der Waals surface area contributed by atoms with Gasteiger partial charge in [-0.15, -0.1) is 0 Å². The molecule has 2 N–H and O–H groups in total. The van der Waals surface area contributed by atoms with Gasteiger partial charge in [-0.2, -0.15) is 0 Å². The molecule has 6 rings (SSSR count). The van der Waals surface area contributed by atoms with Gasteiger partial charge in [0.25, 0.3) is 0 Å². The SMILES string of the molecule is C[C@@H]1CN2c3c(cc4c(N5C(=O)OC[C@H]5C)noc4c3F)CC3(C(=O)NC(=O)NC3=O)[C@H]2[C@H](C)O1. The number of benzene rings is 1. The van der Waals surface area contributed by atoms with Gasteiger partial charge >= 0.3 is 12.1 Å². The molecular formula is C22H22FN5O7. The summed E-state index contributed by atoms with van der Waals surface area (Å²) in [5, 5.41) is 8.55. The maximum absolute atomic E-state index is 16.1. The molecule has 4 atom stereocenters. The third-order valence-electron chi connectivity index (χ3n) is 7.26. The molecule has 1 aromatic heterocycles. The predicted molar refractivity (Wildman–Crippen MR) is 116 cm³/mol. The van der Waals surface area contributed by atoms with Crippen LogP contribution in [0.4, 0.5) is 25.5 Å². The van der Waals surface area contributed by atoms with Crippen LogP contribution in [0.5, 0.6) is 0 Å². The van der Waals surface area contributed by atoms with Crippen LogP contribution in [0.15, 0.2) is 10.6 Å². The molecule has 1 aromatic carbocycles. The van der Waals surface area contributed by atoms with Crippen molar-refractivity contribution in [3.8, 4) is 0 Å². The maximum atomic E-state index is 16.1. The Morgan fingerprint density at radius 3 is 2.51 bits per heavy atom. The van der Waals surface area contributed by atoms with Crippen LogP contribution in [0.25, 0.3) is 11.0 Å². The number of aromatic nitrogens is 1. The van der Waals surface area contributed by atoms with E-state index in [1.807, 2.05) is 6.92 Å². The Morgan fingerprint density at radius 1 is 1.14 bits per heavy atom. The molecule has 2 aromatic rings. The number of amides is 5. The molecule has 0 radical (unpaired) electrons.